The summed E-state index contributed by atoms with van der Waals surface area (Å²) in [4.78, 5) is 18.5. The zero-order valence-corrected chi connectivity index (χ0v) is 20.4. The third-order valence-corrected chi connectivity index (χ3v) is 8.00. The van der Waals surface area contributed by atoms with E-state index < -0.39 is 24.0 Å². The molecule has 192 valence electrons. The van der Waals surface area contributed by atoms with Gasteiger partial charge in [-0.3, -0.25) is 4.79 Å². The van der Waals surface area contributed by atoms with Crippen LogP contribution in [0, 0.1) is 10.8 Å². The molecule has 1 saturated heterocycles. The van der Waals surface area contributed by atoms with Crippen molar-refractivity contribution in [3.63, 3.8) is 0 Å². The van der Waals surface area contributed by atoms with Crippen molar-refractivity contribution in [2.45, 2.75) is 44.6 Å². The number of nitrogens with zero attached hydrogens (tertiary/aromatic N) is 2. The highest BCUT2D eigenvalue weighted by Gasteiger charge is 2.84. The predicted octanol–water partition coefficient (Wildman–Crippen LogP) is 5.19. The van der Waals surface area contributed by atoms with Crippen molar-refractivity contribution in [2.75, 3.05) is 32.0 Å². The van der Waals surface area contributed by atoms with Crippen molar-refractivity contribution in [3.05, 3.63) is 48.3 Å². The summed E-state index contributed by atoms with van der Waals surface area (Å²) in [5.74, 6) is 0.0256. The second-order valence-corrected chi connectivity index (χ2v) is 10.7. The molecular formula is C27H30F4N4O. The number of carbonyl (C=O) groups excluding carboxylic acids is 1. The first-order valence-electron chi connectivity index (χ1n) is 12.2. The maximum absolute atomic E-state index is 14.7. The Labute approximate surface area is 207 Å². The van der Waals surface area contributed by atoms with Crippen molar-refractivity contribution in [1.82, 2.24) is 15.2 Å². The molecule has 0 unspecified atom stereocenters. The first kappa shape index (κ1) is 24.7. The second kappa shape index (κ2) is 8.57. The van der Waals surface area contributed by atoms with E-state index in [0.29, 0.717) is 29.7 Å². The molecule has 5 nitrogen and oxygen atoms in total. The summed E-state index contributed by atoms with van der Waals surface area (Å²) in [5, 5.41) is 6.90. The maximum Gasteiger partial charge on any atom is 0.417 e. The van der Waals surface area contributed by atoms with Crippen LogP contribution in [0.4, 0.5) is 23.2 Å². The van der Waals surface area contributed by atoms with Crippen molar-refractivity contribution in [1.29, 1.82) is 0 Å². The number of allylic oxidation sites excluding steroid dienone is 1. The van der Waals surface area contributed by atoms with Crippen LogP contribution in [-0.4, -0.2) is 60.9 Å². The van der Waals surface area contributed by atoms with Gasteiger partial charge in [-0.2, -0.15) is 13.2 Å². The largest absolute Gasteiger partial charge is 0.417 e. The Bertz CT molecular complexity index is 1250. The van der Waals surface area contributed by atoms with E-state index >= 15 is 0 Å². The van der Waals surface area contributed by atoms with Gasteiger partial charge in [0.2, 0.25) is 5.91 Å². The molecule has 36 heavy (non-hydrogen) atoms. The molecule has 2 saturated carbocycles. The Balaban J connectivity index is 1.43. The number of likely N-dealkylation sites (tertiary alicyclic amines) is 1. The summed E-state index contributed by atoms with van der Waals surface area (Å²) in [6, 6.07) is 6.18. The summed E-state index contributed by atoms with van der Waals surface area (Å²) < 4.78 is 55.6. The molecule has 1 aromatic carbocycles. The Kier molecular flexibility index (Phi) is 5.89. The predicted molar refractivity (Wildman–Crippen MR) is 133 cm³/mol. The molecule has 1 aromatic heterocycles. The second-order valence-electron chi connectivity index (χ2n) is 10.7. The van der Waals surface area contributed by atoms with Crippen LogP contribution in [0.25, 0.3) is 22.4 Å². The average molecular weight is 503 g/mol. The van der Waals surface area contributed by atoms with E-state index in [4.69, 9.17) is 0 Å². The number of hydrogen-bond donors (Lipinski definition) is 2. The lowest BCUT2D eigenvalue weighted by Crippen LogP contribution is -2.46. The molecule has 2 aromatic rings. The Hall–Kier alpha value is -2.94. The lowest BCUT2D eigenvalue weighted by atomic mass is 9.99. The van der Waals surface area contributed by atoms with Crippen molar-refractivity contribution < 1.29 is 22.4 Å². The SMILES string of the molecule is C=C(c1nc(/C=C/CNC(=O)C23CC2(C)C3)cc2c(N[C@@H]3CCN(C)C[C@@H]3F)cccc12)C(F)(F)F. The molecule has 3 fully saturated rings. The van der Waals surface area contributed by atoms with E-state index in [2.05, 4.69) is 29.1 Å². The summed E-state index contributed by atoms with van der Waals surface area (Å²) >= 11 is 0. The lowest BCUT2D eigenvalue weighted by Gasteiger charge is -2.33. The van der Waals surface area contributed by atoms with E-state index in [1.54, 1.807) is 36.4 Å². The standard InChI is InChI=1S/C27H30F4N4O/c1-16(27(29,30)31)23-18-7-4-8-21(34-22-9-11-35(3)13-20(22)28)19(18)12-17(33-23)6-5-10-32-24(36)26-14-25(26,2)15-26/h4-8,12,20,22,34H,1,9-11,13-15H2,2-3H3,(H,32,36)/b6-5+/t20-,22+,25?,26?/m0/s1. The van der Waals surface area contributed by atoms with Gasteiger partial charge in [-0.25, -0.2) is 9.37 Å². The number of hydrogen-bond acceptors (Lipinski definition) is 4. The normalized spacial score (nSPS) is 29.7. The smallest absolute Gasteiger partial charge is 0.379 e. The van der Waals surface area contributed by atoms with Gasteiger partial charge in [-0.15, -0.1) is 0 Å². The Morgan fingerprint density at radius 1 is 1.31 bits per heavy atom. The molecule has 3 aliphatic rings. The van der Waals surface area contributed by atoms with Crippen LogP contribution >= 0.6 is 0 Å². The van der Waals surface area contributed by atoms with Gasteiger partial charge in [-0.05, 0) is 49.9 Å². The number of fused-ring (bicyclic) bond motifs is 2. The average Bonchev–Trinajstić information content (AvgIpc) is 3.62. The molecule has 0 spiro atoms. The Morgan fingerprint density at radius 2 is 2.03 bits per heavy atom. The summed E-state index contributed by atoms with van der Waals surface area (Å²) in [7, 11) is 1.86. The van der Waals surface area contributed by atoms with E-state index in [-0.39, 0.29) is 34.4 Å². The fraction of sp³-hybridized carbons (Fsp3) is 0.481. The fourth-order valence-corrected chi connectivity index (χ4v) is 5.42. The fourth-order valence-electron chi connectivity index (χ4n) is 5.42. The number of halogens is 4. The highest BCUT2D eigenvalue weighted by atomic mass is 19.4. The minimum Gasteiger partial charge on any atom is -0.379 e. The van der Waals surface area contributed by atoms with E-state index in [0.717, 1.165) is 19.4 Å². The minimum absolute atomic E-state index is 0.0256. The zero-order chi connectivity index (χ0) is 25.9. The molecular weight excluding hydrogens is 472 g/mol. The molecule has 5 rings (SSSR count). The van der Waals surface area contributed by atoms with Crippen LogP contribution < -0.4 is 10.6 Å². The topological polar surface area (TPSA) is 57.3 Å². The van der Waals surface area contributed by atoms with E-state index in [1.165, 1.54) is 0 Å². The number of alkyl halides is 4. The molecule has 0 bridgehead atoms. The summed E-state index contributed by atoms with van der Waals surface area (Å²) in [5.41, 5.74) is -0.513. The van der Waals surface area contributed by atoms with Gasteiger partial charge in [0.25, 0.3) is 0 Å². The van der Waals surface area contributed by atoms with Gasteiger partial charge in [0.15, 0.2) is 0 Å². The Morgan fingerprint density at radius 3 is 2.67 bits per heavy atom. The molecule has 1 aliphatic heterocycles. The number of piperidine rings is 1. The minimum atomic E-state index is -4.65. The highest BCUT2D eigenvalue weighted by Crippen LogP contribution is 2.85. The van der Waals surface area contributed by atoms with Crippen LogP contribution in [0.5, 0.6) is 0 Å². The maximum atomic E-state index is 14.7. The van der Waals surface area contributed by atoms with Crippen LogP contribution in [0.2, 0.25) is 0 Å². The molecule has 2 aliphatic carbocycles. The lowest BCUT2D eigenvalue weighted by molar-refractivity contribution is -0.124. The highest BCUT2D eigenvalue weighted by molar-refractivity contribution is 6.01. The third kappa shape index (κ3) is 4.38. The first-order valence-corrected chi connectivity index (χ1v) is 12.2. The van der Waals surface area contributed by atoms with Gasteiger partial charge in [0, 0.05) is 36.1 Å². The molecule has 0 radical (unpaired) electrons. The summed E-state index contributed by atoms with van der Waals surface area (Å²) in [6.07, 6.45) is -0.0854. The quantitative estimate of drug-likeness (QED) is 0.512. The molecule has 9 heteroatoms. The van der Waals surface area contributed by atoms with Gasteiger partial charge in [0.05, 0.1) is 28.4 Å². The van der Waals surface area contributed by atoms with Crippen molar-refractivity contribution in [3.8, 4) is 0 Å². The third-order valence-electron chi connectivity index (χ3n) is 8.00. The van der Waals surface area contributed by atoms with E-state index in [1.807, 2.05) is 11.9 Å². The molecule has 2 atom stereocenters. The van der Waals surface area contributed by atoms with Crippen LogP contribution in [0.1, 0.15) is 37.6 Å². The number of anilines is 1. The number of carbonyl (C=O) groups is 1. The van der Waals surface area contributed by atoms with Gasteiger partial charge in [-0.1, -0.05) is 31.7 Å². The number of benzene rings is 1. The molecule has 1 amide bonds. The first-order chi connectivity index (χ1) is 16.9. The van der Waals surface area contributed by atoms with Crippen molar-refractivity contribution >= 4 is 34.0 Å². The monoisotopic (exact) mass is 502 g/mol. The number of aromatic nitrogens is 1. The number of pyridine rings is 1. The van der Waals surface area contributed by atoms with Gasteiger partial charge in [0.1, 0.15) is 6.17 Å². The van der Waals surface area contributed by atoms with Gasteiger partial charge >= 0.3 is 6.18 Å². The number of amides is 1. The summed E-state index contributed by atoms with van der Waals surface area (Å²) in [6.45, 7) is 6.63. The zero-order valence-electron chi connectivity index (χ0n) is 20.4. The molecule has 2 heterocycles. The number of rotatable bonds is 7. The van der Waals surface area contributed by atoms with Crippen LogP contribution in [-0.2, 0) is 4.79 Å². The van der Waals surface area contributed by atoms with Crippen LogP contribution in [0.3, 0.4) is 0 Å². The van der Waals surface area contributed by atoms with E-state index in [9.17, 15) is 22.4 Å². The number of nitrogens with one attached hydrogen (secondary N) is 2. The van der Waals surface area contributed by atoms with Gasteiger partial charge < -0.3 is 15.5 Å². The van der Waals surface area contributed by atoms with Crippen molar-refractivity contribution in [2.24, 2.45) is 10.8 Å². The molecule has 2 N–H and O–H groups in total. The van der Waals surface area contributed by atoms with Crippen LogP contribution in [0.15, 0.2) is 36.9 Å².